The molecule has 1 saturated carbocycles. The lowest BCUT2D eigenvalue weighted by atomic mass is 9.81. The van der Waals surface area contributed by atoms with Gasteiger partial charge in [0.25, 0.3) is 0 Å². The molecule has 0 bridgehead atoms. The fraction of sp³-hybridized carbons (Fsp3) is 0.406. The Labute approximate surface area is 233 Å². The molecule has 2 unspecified atom stereocenters. The van der Waals surface area contributed by atoms with Crippen LogP contribution < -0.4 is 11.1 Å². The van der Waals surface area contributed by atoms with Crippen molar-refractivity contribution >= 4 is 15.9 Å². The first-order chi connectivity index (χ1) is 18.8. The van der Waals surface area contributed by atoms with E-state index in [9.17, 15) is 13.2 Å². The molecule has 1 aliphatic carbocycles. The summed E-state index contributed by atoms with van der Waals surface area (Å²) in [6.45, 7) is 5.25. The van der Waals surface area contributed by atoms with Crippen LogP contribution in [-0.2, 0) is 14.8 Å². The summed E-state index contributed by atoms with van der Waals surface area (Å²) in [6.07, 6.45) is 4.34. The van der Waals surface area contributed by atoms with Crippen LogP contribution in [0.15, 0.2) is 83.8 Å². The topological polar surface area (TPSA) is 92.5 Å². The van der Waals surface area contributed by atoms with Crippen molar-refractivity contribution in [1.29, 1.82) is 0 Å². The van der Waals surface area contributed by atoms with Crippen LogP contribution in [0.25, 0.3) is 11.1 Å². The average molecular weight is 548 g/mol. The van der Waals surface area contributed by atoms with E-state index in [1.54, 1.807) is 12.1 Å². The maximum absolute atomic E-state index is 13.9. The molecule has 3 aromatic carbocycles. The summed E-state index contributed by atoms with van der Waals surface area (Å²) in [5.41, 5.74) is 10.0. The molecule has 0 aliphatic heterocycles. The average Bonchev–Trinajstić information content (AvgIpc) is 2.96. The van der Waals surface area contributed by atoms with Crippen LogP contribution in [0.3, 0.4) is 0 Å². The molecule has 1 aliphatic rings. The molecule has 0 radical (unpaired) electrons. The van der Waals surface area contributed by atoms with Crippen molar-refractivity contribution in [2.75, 3.05) is 26.2 Å². The highest BCUT2D eigenvalue weighted by molar-refractivity contribution is 7.89. The molecule has 39 heavy (non-hydrogen) atoms. The van der Waals surface area contributed by atoms with Crippen molar-refractivity contribution in [2.24, 2.45) is 17.6 Å². The first-order valence-corrected chi connectivity index (χ1v) is 15.4. The van der Waals surface area contributed by atoms with Crippen LogP contribution in [0.4, 0.5) is 0 Å². The lowest BCUT2D eigenvalue weighted by Crippen LogP contribution is -2.43. The number of aryl methyl sites for hydroxylation is 1. The maximum Gasteiger partial charge on any atom is 0.243 e. The number of hydrogen-bond acceptors (Lipinski definition) is 4. The van der Waals surface area contributed by atoms with E-state index in [0.29, 0.717) is 24.9 Å². The van der Waals surface area contributed by atoms with Gasteiger partial charge in [-0.05, 0) is 84.9 Å². The molecule has 6 nitrogen and oxygen atoms in total. The number of benzene rings is 3. The Hall–Kier alpha value is -3.00. The van der Waals surface area contributed by atoms with Crippen LogP contribution in [0.5, 0.6) is 0 Å². The summed E-state index contributed by atoms with van der Waals surface area (Å²) in [6, 6.07) is 24.8. The summed E-state index contributed by atoms with van der Waals surface area (Å²) >= 11 is 0. The van der Waals surface area contributed by atoms with Crippen molar-refractivity contribution in [3.63, 3.8) is 0 Å². The molecule has 0 saturated heterocycles. The number of amides is 1. The smallest absolute Gasteiger partial charge is 0.243 e. The Bertz CT molecular complexity index is 1330. The highest BCUT2D eigenvalue weighted by Crippen LogP contribution is 2.29. The predicted molar refractivity (Wildman–Crippen MR) is 158 cm³/mol. The zero-order valence-corrected chi connectivity index (χ0v) is 23.9. The number of carbonyl (C=O) groups excluding carboxylic acids is 1. The Morgan fingerprint density at radius 1 is 0.974 bits per heavy atom. The highest BCUT2D eigenvalue weighted by atomic mass is 32.2. The largest absolute Gasteiger partial charge is 0.355 e. The molecular formula is C32H41N3O3S. The van der Waals surface area contributed by atoms with Gasteiger partial charge in [0.2, 0.25) is 15.9 Å². The van der Waals surface area contributed by atoms with E-state index in [1.807, 2.05) is 80.6 Å². The lowest BCUT2D eigenvalue weighted by molar-refractivity contribution is -0.121. The van der Waals surface area contributed by atoms with E-state index in [-0.39, 0.29) is 29.8 Å². The minimum absolute atomic E-state index is 0.0799. The SMILES string of the molecule is Cc1ccccc1-c1ccc(S(=O)(=O)N(CC(=O)NCC2CCCC(CN)C2)C[C@@H](C)c2ccccc2)cc1. The minimum Gasteiger partial charge on any atom is -0.355 e. The number of hydrogen-bond donors (Lipinski definition) is 2. The van der Waals surface area contributed by atoms with Crippen molar-refractivity contribution < 1.29 is 13.2 Å². The standard InChI is InChI=1S/C32H41N3O3S/c1-24-9-6-7-14-31(24)29-15-17-30(18-16-29)39(37,38)35(22-25(2)28-12-4-3-5-13-28)23-32(36)34-21-27-11-8-10-26(19-27)20-33/h3-7,9,12-18,25-27H,8,10-11,19-23,33H2,1-2H3,(H,34,36)/t25-,26?,27?/m1/s1. The van der Waals surface area contributed by atoms with Crippen molar-refractivity contribution in [2.45, 2.75) is 50.3 Å². The van der Waals surface area contributed by atoms with Crippen LogP contribution in [-0.4, -0.2) is 44.8 Å². The summed E-state index contributed by atoms with van der Waals surface area (Å²) in [5, 5.41) is 3.02. The van der Waals surface area contributed by atoms with Gasteiger partial charge in [-0.25, -0.2) is 8.42 Å². The first-order valence-electron chi connectivity index (χ1n) is 14.0. The molecule has 4 rings (SSSR count). The van der Waals surface area contributed by atoms with Gasteiger partial charge >= 0.3 is 0 Å². The number of sulfonamides is 1. The van der Waals surface area contributed by atoms with Gasteiger partial charge in [-0.2, -0.15) is 4.31 Å². The molecule has 3 aromatic rings. The van der Waals surface area contributed by atoms with Crippen molar-refractivity contribution in [3.05, 3.63) is 90.0 Å². The summed E-state index contributed by atoms with van der Waals surface area (Å²) < 4.78 is 29.1. The van der Waals surface area contributed by atoms with Gasteiger partial charge in [-0.1, -0.05) is 80.1 Å². The third-order valence-electron chi connectivity index (χ3n) is 7.93. The van der Waals surface area contributed by atoms with Crippen LogP contribution in [0.1, 0.15) is 49.7 Å². The monoisotopic (exact) mass is 547 g/mol. The molecule has 208 valence electrons. The third-order valence-corrected chi connectivity index (χ3v) is 9.75. The van der Waals surface area contributed by atoms with E-state index in [1.165, 1.54) is 4.31 Å². The van der Waals surface area contributed by atoms with Gasteiger partial charge in [0.1, 0.15) is 0 Å². The summed E-state index contributed by atoms with van der Waals surface area (Å²) in [7, 11) is -3.91. The number of nitrogens with one attached hydrogen (secondary N) is 1. The van der Waals surface area contributed by atoms with Crippen LogP contribution in [0.2, 0.25) is 0 Å². The minimum atomic E-state index is -3.91. The molecule has 1 amide bonds. The predicted octanol–water partition coefficient (Wildman–Crippen LogP) is 5.34. The number of carbonyl (C=O) groups is 1. The molecule has 0 aromatic heterocycles. The lowest BCUT2D eigenvalue weighted by Gasteiger charge is -2.29. The zero-order chi connectivity index (χ0) is 27.8. The Kier molecular flexibility index (Phi) is 9.94. The molecule has 0 spiro atoms. The molecule has 3 N–H and O–H groups in total. The summed E-state index contributed by atoms with van der Waals surface area (Å²) in [5.74, 6) is 0.541. The molecule has 0 heterocycles. The number of nitrogens with two attached hydrogens (primary N) is 1. The van der Waals surface area contributed by atoms with Gasteiger partial charge in [0, 0.05) is 13.1 Å². The van der Waals surface area contributed by atoms with Crippen LogP contribution >= 0.6 is 0 Å². The second-order valence-electron chi connectivity index (χ2n) is 10.9. The van der Waals surface area contributed by atoms with Crippen molar-refractivity contribution in [1.82, 2.24) is 9.62 Å². The Morgan fingerprint density at radius 3 is 2.33 bits per heavy atom. The fourth-order valence-corrected chi connectivity index (χ4v) is 7.05. The summed E-state index contributed by atoms with van der Waals surface area (Å²) in [4.78, 5) is 13.3. The van der Waals surface area contributed by atoms with E-state index in [0.717, 1.165) is 47.9 Å². The van der Waals surface area contributed by atoms with E-state index in [2.05, 4.69) is 5.32 Å². The van der Waals surface area contributed by atoms with E-state index < -0.39 is 10.0 Å². The van der Waals surface area contributed by atoms with Gasteiger partial charge < -0.3 is 11.1 Å². The van der Waals surface area contributed by atoms with Gasteiger partial charge in [-0.15, -0.1) is 0 Å². The third kappa shape index (κ3) is 7.56. The van der Waals surface area contributed by atoms with Gasteiger partial charge in [0.05, 0.1) is 11.4 Å². The molecule has 7 heteroatoms. The van der Waals surface area contributed by atoms with Crippen LogP contribution in [0, 0.1) is 18.8 Å². The fourth-order valence-electron chi connectivity index (χ4n) is 5.57. The zero-order valence-electron chi connectivity index (χ0n) is 23.1. The quantitative estimate of drug-likeness (QED) is 0.339. The first kappa shape index (κ1) is 29.0. The second-order valence-corrected chi connectivity index (χ2v) is 12.8. The number of nitrogens with zero attached hydrogens (tertiary/aromatic N) is 1. The van der Waals surface area contributed by atoms with Crippen molar-refractivity contribution in [3.8, 4) is 11.1 Å². The van der Waals surface area contributed by atoms with Gasteiger partial charge in [-0.3, -0.25) is 4.79 Å². The Balaban J connectivity index is 1.52. The van der Waals surface area contributed by atoms with Gasteiger partial charge in [0.15, 0.2) is 0 Å². The van der Waals surface area contributed by atoms with E-state index >= 15 is 0 Å². The highest BCUT2D eigenvalue weighted by Gasteiger charge is 2.29. The maximum atomic E-state index is 13.9. The molecule has 1 fully saturated rings. The normalized spacial score (nSPS) is 18.6. The molecular weight excluding hydrogens is 506 g/mol. The van der Waals surface area contributed by atoms with E-state index in [4.69, 9.17) is 5.73 Å². The molecule has 3 atom stereocenters. The Morgan fingerprint density at radius 2 is 1.64 bits per heavy atom. The second kappa shape index (κ2) is 13.4. The number of rotatable bonds is 11.